The standard InChI is InChI=1S/C20H30N6O3S.HI/c1-5-21-20(26-10-11-29-18(15-26)17-13-23-25(4)14-17)22-12-16-8-6-7-9-19(16)30(27,28)24(2)3;/h6-9,13-14,18H,5,10-12,15H2,1-4H3,(H,21,22);1H. The zero-order valence-corrected chi connectivity index (χ0v) is 21.5. The van der Waals surface area contributed by atoms with Crippen molar-refractivity contribution >= 4 is 40.0 Å². The van der Waals surface area contributed by atoms with Gasteiger partial charge in [-0.2, -0.15) is 5.10 Å². The summed E-state index contributed by atoms with van der Waals surface area (Å²) in [7, 11) is 1.42. The third-order valence-corrected chi connectivity index (χ3v) is 6.84. The van der Waals surface area contributed by atoms with Crippen molar-refractivity contribution in [1.29, 1.82) is 0 Å². The number of sulfonamides is 1. The Labute approximate surface area is 201 Å². The number of morpholine rings is 1. The van der Waals surface area contributed by atoms with E-state index in [1.807, 2.05) is 32.4 Å². The molecule has 1 unspecified atom stereocenters. The van der Waals surface area contributed by atoms with E-state index in [9.17, 15) is 8.42 Å². The summed E-state index contributed by atoms with van der Waals surface area (Å²) in [6, 6.07) is 7.00. The molecule has 0 radical (unpaired) electrons. The van der Waals surface area contributed by atoms with E-state index >= 15 is 0 Å². The highest BCUT2D eigenvalue weighted by molar-refractivity contribution is 14.0. The van der Waals surface area contributed by atoms with Crippen LogP contribution in [-0.4, -0.2) is 73.7 Å². The minimum atomic E-state index is -3.53. The second-order valence-electron chi connectivity index (χ2n) is 7.32. The van der Waals surface area contributed by atoms with Gasteiger partial charge in [-0.05, 0) is 18.6 Å². The van der Waals surface area contributed by atoms with Crippen LogP contribution in [0.5, 0.6) is 0 Å². The molecule has 1 aromatic carbocycles. The first-order chi connectivity index (χ1) is 14.3. The van der Waals surface area contributed by atoms with Crippen molar-refractivity contribution in [1.82, 2.24) is 24.3 Å². The Morgan fingerprint density at radius 1 is 1.35 bits per heavy atom. The molecule has 1 aliphatic heterocycles. The Bertz CT molecular complexity index is 992. The van der Waals surface area contributed by atoms with E-state index < -0.39 is 10.0 Å². The molecule has 1 aliphatic rings. The van der Waals surface area contributed by atoms with Gasteiger partial charge >= 0.3 is 0 Å². The van der Waals surface area contributed by atoms with Crippen molar-refractivity contribution < 1.29 is 13.2 Å². The number of hydrogen-bond acceptors (Lipinski definition) is 5. The quantitative estimate of drug-likeness (QED) is 0.328. The van der Waals surface area contributed by atoms with Crippen LogP contribution in [-0.2, 0) is 28.4 Å². The van der Waals surface area contributed by atoms with E-state index in [0.717, 1.165) is 11.5 Å². The summed E-state index contributed by atoms with van der Waals surface area (Å²) in [6.45, 7) is 4.93. The molecule has 31 heavy (non-hydrogen) atoms. The lowest BCUT2D eigenvalue weighted by molar-refractivity contribution is -0.00805. The molecule has 2 heterocycles. The number of hydrogen-bond donors (Lipinski definition) is 1. The van der Waals surface area contributed by atoms with E-state index in [-0.39, 0.29) is 41.5 Å². The summed E-state index contributed by atoms with van der Waals surface area (Å²) < 4.78 is 34.2. The Morgan fingerprint density at radius 2 is 2.10 bits per heavy atom. The highest BCUT2D eigenvalue weighted by atomic mass is 127. The summed E-state index contributed by atoms with van der Waals surface area (Å²) in [4.78, 5) is 7.18. The van der Waals surface area contributed by atoms with Crippen molar-refractivity contribution in [2.75, 3.05) is 40.3 Å². The molecule has 0 aliphatic carbocycles. The van der Waals surface area contributed by atoms with E-state index in [4.69, 9.17) is 9.73 Å². The number of guanidine groups is 1. The van der Waals surface area contributed by atoms with E-state index in [0.29, 0.717) is 31.8 Å². The van der Waals surface area contributed by atoms with Gasteiger partial charge in [0, 0.05) is 46.0 Å². The number of nitrogens with zero attached hydrogens (tertiary/aromatic N) is 5. The average molecular weight is 562 g/mol. The third kappa shape index (κ3) is 6.18. The monoisotopic (exact) mass is 562 g/mol. The first kappa shape index (κ1) is 25.6. The van der Waals surface area contributed by atoms with E-state index in [2.05, 4.69) is 15.3 Å². The van der Waals surface area contributed by atoms with E-state index in [1.165, 1.54) is 18.4 Å². The predicted octanol–water partition coefficient (Wildman–Crippen LogP) is 1.83. The summed E-state index contributed by atoms with van der Waals surface area (Å²) >= 11 is 0. The maximum absolute atomic E-state index is 12.7. The van der Waals surface area contributed by atoms with Gasteiger partial charge in [0.1, 0.15) is 6.10 Å². The molecule has 0 saturated carbocycles. The van der Waals surface area contributed by atoms with Gasteiger partial charge in [0.05, 0.1) is 30.8 Å². The Balaban J connectivity index is 0.00000341. The Hall–Kier alpha value is -1.70. The number of nitrogens with one attached hydrogen (secondary N) is 1. The summed E-state index contributed by atoms with van der Waals surface area (Å²) in [5, 5.41) is 7.55. The van der Waals surface area contributed by atoms with Crippen LogP contribution in [0, 0.1) is 0 Å². The molecule has 3 rings (SSSR count). The second-order valence-corrected chi connectivity index (χ2v) is 9.44. The van der Waals surface area contributed by atoms with Gasteiger partial charge in [-0.25, -0.2) is 17.7 Å². The van der Waals surface area contributed by atoms with Crippen molar-refractivity contribution in [2.45, 2.75) is 24.5 Å². The molecule has 0 spiro atoms. The molecule has 1 atom stereocenters. The fourth-order valence-electron chi connectivity index (χ4n) is 3.32. The fraction of sp³-hybridized carbons (Fsp3) is 0.500. The maximum Gasteiger partial charge on any atom is 0.242 e. The van der Waals surface area contributed by atoms with Crippen LogP contribution in [0.25, 0.3) is 0 Å². The number of ether oxygens (including phenoxy) is 1. The number of benzene rings is 1. The molecule has 9 nitrogen and oxygen atoms in total. The maximum atomic E-state index is 12.7. The van der Waals surface area contributed by atoms with Crippen molar-refractivity contribution in [2.24, 2.45) is 12.0 Å². The molecular formula is C20H31IN6O3S. The molecule has 2 aromatic rings. The first-order valence-electron chi connectivity index (χ1n) is 9.96. The fourth-order valence-corrected chi connectivity index (χ4v) is 4.43. The Morgan fingerprint density at radius 3 is 2.74 bits per heavy atom. The molecule has 1 fully saturated rings. The van der Waals surface area contributed by atoms with Gasteiger partial charge in [0.15, 0.2) is 5.96 Å². The van der Waals surface area contributed by atoms with Gasteiger partial charge in [-0.3, -0.25) is 4.68 Å². The van der Waals surface area contributed by atoms with Crippen molar-refractivity contribution in [3.05, 3.63) is 47.8 Å². The number of rotatable bonds is 6. The lowest BCUT2D eigenvalue weighted by Crippen LogP contribution is -2.48. The molecule has 1 aromatic heterocycles. The largest absolute Gasteiger partial charge is 0.370 e. The van der Waals surface area contributed by atoms with Crippen LogP contribution in [0.1, 0.15) is 24.2 Å². The van der Waals surface area contributed by atoms with Gasteiger partial charge in [-0.15, -0.1) is 24.0 Å². The van der Waals surface area contributed by atoms with Crippen molar-refractivity contribution in [3.63, 3.8) is 0 Å². The van der Waals surface area contributed by atoms with Crippen LogP contribution in [0.3, 0.4) is 0 Å². The predicted molar refractivity (Wildman–Crippen MR) is 131 cm³/mol. The highest BCUT2D eigenvalue weighted by Gasteiger charge is 2.25. The number of aromatic nitrogens is 2. The first-order valence-corrected chi connectivity index (χ1v) is 11.4. The van der Waals surface area contributed by atoms with Crippen LogP contribution < -0.4 is 5.32 Å². The second kappa shape index (κ2) is 11.2. The van der Waals surface area contributed by atoms with Crippen LogP contribution in [0.4, 0.5) is 0 Å². The molecule has 11 heteroatoms. The molecule has 0 amide bonds. The zero-order valence-electron chi connectivity index (χ0n) is 18.4. The van der Waals surface area contributed by atoms with Gasteiger partial charge in [-0.1, -0.05) is 18.2 Å². The van der Waals surface area contributed by atoms with Crippen LogP contribution >= 0.6 is 24.0 Å². The Kier molecular flexibility index (Phi) is 9.28. The lowest BCUT2D eigenvalue weighted by atomic mass is 10.1. The van der Waals surface area contributed by atoms with Gasteiger partial charge < -0.3 is 15.0 Å². The number of halogens is 1. The lowest BCUT2D eigenvalue weighted by Gasteiger charge is -2.34. The molecular weight excluding hydrogens is 531 g/mol. The third-order valence-electron chi connectivity index (χ3n) is 4.93. The summed E-state index contributed by atoms with van der Waals surface area (Å²) in [5.74, 6) is 0.742. The number of aryl methyl sites for hydroxylation is 1. The van der Waals surface area contributed by atoms with Crippen molar-refractivity contribution in [3.8, 4) is 0 Å². The van der Waals surface area contributed by atoms with Gasteiger partial charge in [0.25, 0.3) is 0 Å². The minimum absolute atomic E-state index is 0. The smallest absolute Gasteiger partial charge is 0.242 e. The molecule has 0 bridgehead atoms. The highest BCUT2D eigenvalue weighted by Crippen LogP contribution is 2.22. The topological polar surface area (TPSA) is 92.1 Å². The number of aliphatic imine (C=N–C) groups is 1. The van der Waals surface area contributed by atoms with Gasteiger partial charge in [0.2, 0.25) is 10.0 Å². The normalized spacial score (nSPS) is 17.5. The summed E-state index contributed by atoms with van der Waals surface area (Å²) in [6.07, 6.45) is 3.69. The van der Waals surface area contributed by atoms with E-state index in [1.54, 1.807) is 22.9 Å². The molecule has 172 valence electrons. The SMILES string of the molecule is CCNC(=NCc1ccccc1S(=O)(=O)N(C)C)N1CCOC(c2cnn(C)c2)C1.I. The molecule has 1 N–H and O–H groups in total. The van der Waals surface area contributed by atoms with Crippen LogP contribution in [0.2, 0.25) is 0 Å². The average Bonchev–Trinajstić information content (AvgIpc) is 3.17. The van der Waals surface area contributed by atoms with Crippen LogP contribution in [0.15, 0.2) is 46.5 Å². The molecule has 1 saturated heterocycles. The minimum Gasteiger partial charge on any atom is -0.370 e. The summed E-state index contributed by atoms with van der Waals surface area (Å²) in [5.41, 5.74) is 1.69. The zero-order chi connectivity index (χ0) is 21.7.